The molecule has 92 valence electrons. The number of benzene rings is 1. The Morgan fingerprint density at radius 3 is 2.35 bits per heavy atom. The lowest BCUT2D eigenvalue weighted by atomic mass is 9.95. The minimum Gasteiger partial charge on any atom is -0.369 e. The SMILES string of the molecule is CCc1cccc(CC)c1CC1=NC[C@H](C)N1. The monoisotopic (exact) mass is 230 g/mol. The highest BCUT2D eigenvalue weighted by Crippen LogP contribution is 2.18. The first-order valence-corrected chi connectivity index (χ1v) is 6.64. The number of amidine groups is 1. The molecular weight excluding hydrogens is 208 g/mol. The summed E-state index contributed by atoms with van der Waals surface area (Å²) in [7, 11) is 0. The van der Waals surface area contributed by atoms with Crippen molar-refractivity contribution in [1.82, 2.24) is 5.32 Å². The van der Waals surface area contributed by atoms with Crippen LogP contribution >= 0.6 is 0 Å². The van der Waals surface area contributed by atoms with E-state index in [1.165, 1.54) is 16.7 Å². The number of aryl methyl sites for hydroxylation is 2. The van der Waals surface area contributed by atoms with Gasteiger partial charge >= 0.3 is 0 Å². The van der Waals surface area contributed by atoms with E-state index in [-0.39, 0.29) is 0 Å². The third-order valence-electron chi connectivity index (χ3n) is 3.45. The largest absolute Gasteiger partial charge is 0.369 e. The van der Waals surface area contributed by atoms with Gasteiger partial charge in [0.15, 0.2) is 0 Å². The van der Waals surface area contributed by atoms with Crippen LogP contribution in [0, 0.1) is 0 Å². The van der Waals surface area contributed by atoms with Crippen LogP contribution < -0.4 is 5.32 Å². The topological polar surface area (TPSA) is 24.4 Å². The molecule has 0 unspecified atom stereocenters. The smallest absolute Gasteiger partial charge is 0.101 e. The quantitative estimate of drug-likeness (QED) is 0.845. The molecule has 0 bridgehead atoms. The summed E-state index contributed by atoms with van der Waals surface area (Å²) in [5.74, 6) is 1.16. The molecule has 1 aliphatic rings. The predicted molar refractivity (Wildman–Crippen MR) is 73.8 cm³/mol. The summed E-state index contributed by atoms with van der Waals surface area (Å²) in [5.41, 5.74) is 4.42. The second-order valence-corrected chi connectivity index (χ2v) is 4.77. The van der Waals surface area contributed by atoms with Gasteiger partial charge in [-0.2, -0.15) is 0 Å². The van der Waals surface area contributed by atoms with Crippen molar-refractivity contribution in [2.24, 2.45) is 4.99 Å². The van der Waals surface area contributed by atoms with Crippen molar-refractivity contribution in [3.63, 3.8) is 0 Å². The zero-order valence-corrected chi connectivity index (χ0v) is 11.1. The molecule has 1 aromatic rings. The average molecular weight is 230 g/mol. The second-order valence-electron chi connectivity index (χ2n) is 4.77. The van der Waals surface area contributed by atoms with Gasteiger partial charge in [-0.3, -0.25) is 4.99 Å². The van der Waals surface area contributed by atoms with Gasteiger partial charge in [0.05, 0.1) is 6.54 Å². The third-order valence-corrected chi connectivity index (χ3v) is 3.45. The molecule has 2 heteroatoms. The number of nitrogens with one attached hydrogen (secondary N) is 1. The summed E-state index contributed by atoms with van der Waals surface area (Å²) in [4.78, 5) is 4.57. The summed E-state index contributed by atoms with van der Waals surface area (Å²) in [6, 6.07) is 7.16. The van der Waals surface area contributed by atoms with Gasteiger partial charge in [0, 0.05) is 12.5 Å². The fraction of sp³-hybridized carbons (Fsp3) is 0.533. The van der Waals surface area contributed by atoms with Crippen molar-refractivity contribution in [2.75, 3.05) is 6.54 Å². The van der Waals surface area contributed by atoms with Gasteiger partial charge in [0.2, 0.25) is 0 Å². The fourth-order valence-electron chi connectivity index (χ4n) is 2.47. The van der Waals surface area contributed by atoms with Crippen LogP contribution in [-0.2, 0) is 19.3 Å². The van der Waals surface area contributed by atoms with Crippen molar-refractivity contribution in [3.8, 4) is 0 Å². The fourth-order valence-corrected chi connectivity index (χ4v) is 2.47. The van der Waals surface area contributed by atoms with Gasteiger partial charge in [0.25, 0.3) is 0 Å². The zero-order chi connectivity index (χ0) is 12.3. The van der Waals surface area contributed by atoms with Gasteiger partial charge in [-0.1, -0.05) is 32.0 Å². The van der Waals surface area contributed by atoms with E-state index in [0.29, 0.717) is 6.04 Å². The molecule has 0 aromatic heterocycles. The molecule has 0 radical (unpaired) electrons. The number of nitrogens with zero attached hydrogens (tertiary/aromatic N) is 1. The van der Waals surface area contributed by atoms with Crippen molar-refractivity contribution in [1.29, 1.82) is 0 Å². The molecule has 1 atom stereocenters. The Bertz CT molecular complexity index is 399. The molecule has 0 aliphatic carbocycles. The minimum absolute atomic E-state index is 0.504. The van der Waals surface area contributed by atoms with Gasteiger partial charge < -0.3 is 5.32 Å². The first-order valence-electron chi connectivity index (χ1n) is 6.64. The van der Waals surface area contributed by atoms with E-state index in [9.17, 15) is 0 Å². The zero-order valence-electron chi connectivity index (χ0n) is 11.1. The first-order chi connectivity index (χ1) is 8.24. The number of hydrogen-bond acceptors (Lipinski definition) is 2. The molecule has 1 N–H and O–H groups in total. The maximum absolute atomic E-state index is 4.57. The molecule has 1 aliphatic heterocycles. The highest BCUT2D eigenvalue weighted by molar-refractivity contribution is 5.86. The Morgan fingerprint density at radius 2 is 1.88 bits per heavy atom. The van der Waals surface area contributed by atoms with E-state index >= 15 is 0 Å². The van der Waals surface area contributed by atoms with Crippen molar-refractivity contribution >= 4 is 5.84 Å². The van der Waals surface area contributed by atoms with Gasteiger partial charge in [-0.05, 0) is 36.5 Å². The maximum atomic E-state index is 4.57. The molecule has 2 rings (SSSR count). The Labute approximate surface area is 104 Å². The van der Waals surface area contributed by atoms with Crippen LogP contribution in [0.2, 0.25) is 0 Å². The van der Waals surface area contributed by atoms with Crippen molar-refractivity contribution in [2.45, 2.75) is 46.1 Å². The molecule has 0 saturated carbocycles. The number of rotatable bonds is 4. The van der Waals surface area contributed by atoms with Crippen molar-refractivity contribution in [3.05, 3.63) is 34.9 Å². The van der Waals surface area contributed by atoms with Crippen LogP contribution in [0.1, 0.15) is 37.5 Å². The van der Waals surface area contributed by atoms with Crippen LogP contribution in [0.5, 0.6) is 0 Å². The predicted octanol–water partition coefficient (Wildman–Crippen LogP) is 2.74. The molecular formula is C15H22N2. The first kappa shape index (κ1) is 12.2. The Hall–Kier alpha value is -1.31. The number of aliphatic imine (C=N–C) groups is 1. The van der Waals surface area contributed by atoms with Gasteiger partial charge in [-0.25, -0.2) is 0 Å². The lowest BCUT2D eigenvalue weighted by Gasteiger charge is -2.14. The molecule has 0 saturated heterocycles. The summed E-state index contributed by atoms with van der Waals surface area (Å²) < 4.78 is 0. The number of hydrogen-bond donors (Lipinski definition) is 1. The van der Waals surface area contributed by atoms with E-state index in [2.05, 4.69) is 49.3 Å². The van der Waals surface area contributed by atoms with Crippen LogP contribution in [0.15, 0.2) is 23.2 Å². The van der Waals surface area contributed by atoms with E-state index < -0.39 is 0 Å². The van der Waals surface area contributed by atoms with Gasteiger partial charge in [0.1, 0.15) is 5.84 Å². The van der Waals surface area contributed by atoms with Gasteiger partial charge in [-0.15, -0.1) is 0 Å². The van der Waals surface area contributed by atoms with E-state index in [1.54, 1.807) is 0 Å². The van der Waals surface area contributed by atoms with E-state index in [1.807, 2.05) is 0 Å². The lowest BCUT2D eigenvalue weighted by molar-refractivity contribution is 0.722. The van der Waals surface area contributed by atoms with E-state index in [4.69, 9.17) is 0 Å². The molecule has 0 amide bonds. The van der Waals surface area contributed by atoms with Crippen LogP contribution in [-0.4, -0.2) is 18.4 Å². The second kappa shape index (κ2) is 5.35. The summed E-state index contributed by atoms with van der Waals surface area (Å²) in [5, 5.41) is 3.45. The summed E-state index contributed by atoms with van der Waals surface area (Å²) in [6.07, 6.45) is 3.18. The van der Waals surface area contributed by atoms with Crippen LogP contribution in [0.4, 0.5) is 0 Å². The average Bonchev–Trinajstić information content (AvgIpc) is 2.75. The minimum atomic E-state index is 0.504. The summed E-state index contributed by atoms with van der Waals surface area (Å²) in [6.45, 7) is 7.56. The van der Waals surface area contributed by atoms with Crippen LogP contribution in [0.25, 0.3) is 0 Å². The molecule has 0 spiro atoms. The maximum Gasteiger partial charge on any atom is 0.101 e. The van der Waals surface area contributed by atoms with E-state index in [0.717, 1.165) is 31.6 Å². The Kier molecular flexibility index (Phi) is 3.82. The lowest BCUT2D eigenvalue weighted by Crippen LogP contribution is -2.28. The molecule has 1 heterocycles. The summed E-state index contributed by atoms with van der Waals surface area (Å²) >= 11 is 0. The standard InChI is InChI=1S/C15H22N2/c1-4-12-7-6-8-13(5-2)14(12)9-15-16-10-11(3)17-15/h6-8,11H,4-5,9-10H2,1-3H3,(H,16,17)/t11-/m0/s1. The Balaban J connectivity index is 2.24. The Morgan fingerprint density at radius 1 is 1.24 bits per heavy atom. The molecule has 17 heavy (non-hydrogen) atoms. The molecule has 1 aromatic carbocycles. The van der Waals surface area contributed by atoms with Crippen LogP contribution in [0.3, 0.4) is 0 Å². The normalized spacial score (nSPS) is 19.0. The third kappa shape index (κ3) is 2.68. The van der Waals surface area contributed by atoms with Crippen molar-refractivity contribution < 1.29 is 0 Å². The molecule has 2 nitrogen and oxygen atoms in total. The molecule has 0 fully saturated rings. The highest BCUT2D eigenvalue weighted by atomic mass is 15.1. The highest BCUT2D eigenvalue weighted by Gasteiger charge is 2.15.